The lowest BCUT2D eigenvalue weighted by atomic mass is 9.97. The Morgan fingerprint density at radius 1 is 1.33 bits per heavy atom. The monoisotopic (exact) mass is 286 g/mol. The highest BCUT2D eigenvalue weighted by Gasteiger charge is 2.24. The third kappa shape index (κ3) is 2.73. The molecule has 2 heterocycles. The number of fused-ring (bicyclic) bond motifs is 1. The van der Waals surface area contributed by atoms with Crippen molar-refractivity contribution in [3.8, 4) is 0 Å². The average molecular weight is 286 g/mol. The first-order valence-corrected chi connectivity index (χ1v) is 7.40. The van der Waals surface area contributed by atoms with Crippen molar-refractivity contribution in [2.24, 2.45) is 0 Å². The van der Waals surface area contributed by atoms with Crippen LogP contribution in [-0.4, -0.2) is 16.7 Å². The van der Waals surface area contributed by atoms with Gasteiger partial charge in [-0.15, -0.1) is 0 Å². The summed E-state index contributed by atoms with van der Waals surface area (Å²) in [7, 11) is 0. The molecule has 0 saturated carbocycles. The van der Waals surface area contributed by atoms with Crippen molar-refractivity contribution in [3.05, 3.63) is 35.5 Å². The number of hydrogen-bond acceptors (Lipinski definition) is 5. The van der Waals surface area contributed by atoms with Crippen LogP contribution in [0.2, 0.25) is 0 Å². The smallest absolute Gasteiger partial charge is 0.232 e. The zero-order valence-corrected chi connectivity index (χ0v) is 12.9. The van der Waals surface area contributed by atoms with Crippen LogP contribution in [0.5, 0.6) is 0 Å². The van der Waals surface area contributed by atoms with Gasteiger partial charge in [0.15, 0.2) is 5.82 Å². The predicted octanol–water partition coefficient (Wildman–Crippen LogP) is 2.90. The molecule has 1 aliphatic heterocycles. The molecule has 0 bridgehead atoms. The third-order valence-corrected chi connectivity index (χ3v) is 3.82. The van der Waals surface area contributed by atoms with Crippen molar-refractivity contribution in [1.82, 2.24) is 10.1 Å². The number of hydrogen-bond donors (Lipinski definition) is 1. The van der Waals surface area contributed by atoms with Crippen molar-refractivity contribution in [1.29, 1.82) is 0 Å². The normalized spacial score (nSPS) is 15.1. The fourth-order valence-corrected chi connectivity index (χ4v) is 2.69. The van der Waals surface area contributed by atoms with Gasteiger partial charge in [0.1, 0.15) is 0 Å². The Kier molecular flexibility index (Phi) is 3.35. The van der Waals surface area contributed by atoms with E-state index in [0.717, 1.165) is 30.9 Å². The molecule has 112 valence electrons. The maximum atomic E-state index is 6.08. The van der Waals surface area contributed by atoms with E-state index in [1.165, 1.54) is 11.3 Å². The molecule has 21 heavy (non-hydrogen) atoms. The molecule has 1 aromatic heterocycles. The Morgan fingerprint density at radius 2 is 2.14 bits per heavy atom. The number of nitrogens with two attached hydrogens (primary N) is 1. The SMILES string of the molecule is CC(C)(C)c1nc(CN2CCCc3c(N)cccc32)no1. The van der Waals surface area contributed by atoms with Crippen LogP contribution in [0.15, 0.2) is 22.7 Å². The summed E-state index contributed by atoms with van der Waals surface area (Å²) in [5.74, 6) is 1.41. The van der Waals surface area contributed by atoms with E-state index in [2.05, 4.69) is 41.9 Å². The van der Waals surface area contributed by atoms with E-state index >= 15 is 0 Å². The molecule has 2 N–H and O–H groups in total. The van der Waals surface area contributed by atoms with Crippen LogP contribution in [0.1, 0.15) is 44.5 Å². The number of nitrogens with zero attached hydrogens (tertiary/aromatic N) is 3. The van der Waals surface area contributed by atoms with Gasteiger partial charge < -0.3 is 15.2 Å². The lowest BCUT2D eigenvalue weighted by Crippen LogP contribution is -2.29. The number of anilines is 2. The fourth-order valence-electron chi connectivity index (χ4n) is 2.69. The van der Waals surface area contributed by atoms with Crippen molar-refractivity contribution in [2.45, 2.75) is 45.6 Å². The number of aromatic nitrogens is 2. The summed E-state index contributed by atoms with van der Waals surface area (Å²) in [6.07, 6.45) is 2.14. The predicted molar refractivity (Wildman–Crippen MR) is 83.2 cm³/mol. The minimum atomic E-state index is -0.116. The van der Waals surface area contributed by atoms with Crippen LogP contribution >= 0.6 is 0 Å². The van der Waals surface area contributed by atoms with E-state index in [9.17, 15) is 0 Å². The van der Waals surface area contributed by atoms with Crippen LogP contribution in [0.25, 0.3) is 0 Å². The molecule has 0 atom stereocenters. The summed E-state index contributed by atoms with van der Waals surface area (Å²) in [4.78, 5) is 6.80. The van der Waals surface area contributed by atoms with Crippen molar-refractivity contribution in [2.75, 3.05) is 17.2 Å². The zero-order chi connectivity index (χ0) is 15.0. The van der Waals surface area contributed by atoms with Crippen molar-refractivity contribution in [3.63, 3.8) is 0 Å². The Labute approximate surface area is 125 Å². The number of benzene rings is 1. The van der Waals surface area contributed by atoms with Gasteiger partial charge in [-0.05, 0) is 30.5 Å². The van der Waals surface area contributed by atoms with Gasteiger partial charge in [-0.2, -0.15) is 4.98 Å². The quantitative estimate of drug-likeness (QED) is 0.860. The molecular weight excluding hydrogens is 264 g/mol. The van der Waals surface area contributed by atoms with Gasteiger partial charge in [0.05, 0.1) is 6.54 Å². The highest BCUT2D eigenvalue weighted by atomic mass is 16.5. The summed E-state index contributed by atoms with van der Waals surface area (Å²) < 4.78 is 5.37. The standard InChI is InChI=1S/C16H22N4O/c1-16(2,3)15-18-14(19-21-15)10-20-9-5-6-11-12(17)7-4-8-13(11)20/h4,7-8H,5-6,9-10,17H2,1-3H3. The molecule has 0 fully saturated rings. The van der Waals surface area contributed by atoms with Gasteiger partial charge in [0.25, 0.3) is 0 Å². The van der Waals surface area contributed by atoms with Crippen LogP contribution in [0.4, 0.5) is 11.4 Å². The molecule has 0 saturated heterocycles. The van der Waals surface area contributed by atoms with Crippen molar-refractivity contribution < 1.29 is 4.52 Å². The molecule has 3 rings (SSSR count). The summed E-state index contributed by atoms with van der Waals surface area (Å²) in [6.45, 7) is 7.87. The lowest BCUT2D eigenvalue weighted by Gasteiger charge is -2.31. The molecule has 0 spiro atoms. The Morgan fingerprint density at radius 3 is 2.86 bits per heavy atom. The molecule has 0 amide bonds. The van der Waals surface area contributed by atoms with E-state index in [1.54, 1.807) is 0 Å². The zero-order valence-electron chi connectivity index (χ0n) is 12.9. The van der Waals surface area contributed by atoms with Crippen LogP contribution < -0.4 is 10.6 Å². The molecule has 5 heteroatoms. The van der Waals surface area contributed by atoms with E-state index in [-0.39, 0.29) is 5.41 Å². The number of nitrogen functional groups attached to an aromatic ring is 1. The maximum absolute atomic E-state index is 6.08. The minimum Gasteiger partial charge on any atom is -0.398 e. The van der Waals surface area contributed by atoms with Gasteiger partial charge >= 0.3 is 0 Å². The molecule has 0 unspecified atom stereocenters. The summed E-state index contributed by atoms with van der Waals surface area (Å²) >= 11 is 0. The van der Waals surface area contributed by atoms with E-state index in [1.807, 2.05) is 12.1 Å². The van der Waals surface area contributed by atoms with Gasteiger partial charge in [0, 0.05) is 23.3 Å². The lowest BCUT2D eigenvalue weighted by molar-refractivity contribution is 0.318. The second-order valence-corrected chi connectivity index (χ2v) is 6.64. The highest BCUT2D eigenvalue weighted by Crippen LogP contribution is 2.32. The first-order valence-electron chi connectivity index (χ1n) is 7.40. The van der Waals surface area contributed by atoms with Crippen LogP contribution in [-0.2, 0) is 18.4 Å². The largest absolute Gasteiger partial charge is 0.398 e. The first kappa shape index (κ1) is 13.9. The first-order chi connectivity index (χ1) is 9.95. The fraction of sp³-hybridized carbons (Fsp3) is 0.500. The molecule has 0 aliphatic carbocycles. The molecule has 1 aliphatic rings. The molecule has 5 nitrogen and oxygen atoms in total. The molecule has 0 radical (unpaired) electrons. The minimum absolute atomic E-state index is 0.116. The van der Waals surface area contributed by atoms with Crippen LogP contribution in [0.3, 0.4) is 0 Å². The summed E-state index contributed by atoms with van der Waals surface area (Å²) in [5, 5.41) is 4.11. The van der Waals surface area contributed by atoms with Gasteiger partial charge in [-0.25, -0.2) is 0 Å². The molecule has 2 aromatic rings. The third-order valence-electron chi connectivity index (χ3n) is 3.82. The second kappa shape index (κ2) is 5.06. The van der Waals surface area contributed by atoms with E-state index in [4.69, 9.17) is 10.3 Å². The Bertz CT molecular complexity index is 642. The second-order valence-electron chi connectivity index (χ2n) is 6.64. The van der Waals surface area contributed by atoms with E-state index < -0.39 is 0 Å². The Hall–Kier alpha value is -2.04. The maximum Gasteiger partial charge on any atom is 0.232 e. The van der Waals surface area contributed by atoms with Gasteiger partial charge in [-0.3, -0.25) is 0 Å². The molecular formula is C16H22N4O. The van der Waals surface area contributed by atoms with Crippen LogP contribution in [0, 0.1) is 0 Å². The van der Waals surface area contributed by atoms with Crippen molar-refractivity contribution >= 4 is 11.4 Å². The van der Waals surface area contributed by atoms with E-state index in [0.29, 0.717) is 12.4 Å². The number of rotatable bonds is 2. The average Bonchev–Trinajstić information content (AvgIpc) is 2.89. The van der Waals surface area contributed by atoms with Gasteiger partial charge in [0.2, 0.25) is 5.89 Å². The topological polar surface area (TPSA) is 68.2 Å². The highest BCUT2D eigenvalue weighted by molar-refractivity contribution is 5.66. The Balaban J connectivity index is 1.84. The molecule has 1 aromatic carbocycles. The summed E-state index contributed by atoms with van der Waals surface area (Å²) in [6, 6.07) is 6.09. The summed E-state index contributed by atoms with van der Waals surface area (Å²) in [5.41, 5.74) is 9.28. The van der Waals surface area contributed by atoms with Gasteiger partial charge in [-0.1, -0.05) is 32.0 Å².